The Hall–Kier alpha value is -3.65. The molecule has 0 aliphatic rings. The molecule has 25 heavy (non-hydrogen) atoms. The minimum Gasteiger partial charge on any atom is -0.422 e. The molecule has 0 atom stereocenters. The molecule has 1 aromatic carbocycles. The van der Waals surface area contributed by atoms with Gasteiger partial charge >= 0.3 is 5.63 Å². The summed E-state index contributed by atoms with van der Waals surface area (Å²) in [5, 5.41) is 18.5. The maximum atomic E-state index is 12.6. The predicted molar refractivity (Wildman–Crippen MR) is 94.2 cm³/mol. The van der Waals surface area contributed by atoms with Gasteiger partial charge in [-0.2, -0.15) is 5.26 Å². The number of hydrogen-bond donors (Lipinski definition) is 1. The van der Waals surface area contributed by atoms with Crippen LogP contribution in [-0.2, 0) is 0 Å². The van der Waals surface area contributed by atoms with Gasteiger partial charge in [0, 0.05) is 17.1 Å². The fourth-order valence-electron chi connectivity index (χ4n) is 2.99. The van der Waals surface area contributed by atoms with Gasteiger partial charge in [-0.25, -0.2) is 4.79 Å². The Bertz CT molecular complexity index is 1290. The van der Waals surface area contributed by atoms with E-state index in [-0.39, 0.29) is 10.9 Å². The van der Waals surface area contributed by atoms with Crippen molar-refractivity contribution in [3.8, 4) is 17.4 Å². The first kappa shape index (κ1) is 14.9. The highest BCUT2D eigenvalue weighted by atomic mass is 16.4. The first-order valence-corrected chi connectivity index (χ1v) is 7.73. The molecule has 3 heterocycles. The number of aryl methyl sites for hydroxylation is 1. The van der Waals surface area contributed by atoms with Crippen molar-refractivity contribution in [2.45, 2.75) is 6.92 Å². The second kappa shape index (κ2) is 5.46. The first-order valence-electron chi connectivity index (χ1n) is 7.73. The molecule has 0 aliphatic carbocycles. The van der Waals surface area contributed by atoms with Crippen molar-refractivity contribution in [3.63, 3.8) is 0 Å². The highest BCUT2D eigenvalue weighted by molar-refractivity contribution is 5.93. The van der Waals surface area contributed by atoms with Gasteiger partial charge < -0.3 is 8.82 Å². The van der Waals surface area contributed by atoms with Crippen molar-refractivity contribution in [2.75, 3.05) is 0 Å². The molecular formula is C20H13N3O2. The lowest BCUT2D eigenvalue weighted by molar-refractivity contribution is 0.533. The third-order valence-electron chi connectivity index (χ3n) is 4.26. The first-order chi connectivity index (χ1) is 12.1. The third-order valence-corrected chi connectivity index (χ3v) is 4.26. The van der Waals surface area contributed by atoms with E-state index in [4.69, 9.17) is 9.83 Å². The monoisotopic (exact) mass is 327 g/mol. The van der Waals surface area contributed by atoms with Crippen molar-refractivity contribution in [1.82, 2.24) is 4.40 Å². The van der Waals surface area contributed by atoms with Crippen LogP contribution < -0.4 is 11.1 Å². The molecule has 0 amide bonds. The molecule has 0 radical (unpaired) electrons. The van der Waals surface area contributed by atoms with Gasteiger partial charge in [-0.1, -0.05) is 35.9 Å². The van der Waals surface area contributed by atoms with Crippen LogP contribution in [0.15, 0.2) is 63.9 Å². The van der Waals surface area contributed by atoms with Crippen LogP contribution in [0.5, 0.6) is 0 Å². The highest BCUT2D eigenvalue weighted by Gasteiger charge is 2.15. The van der Waals surface area contributed by atoms with E-state index in [1.807, 2.05) is 31.2 Å². The van der Waals surface area contributed by atoms with Gasteiger partial charge in [0.05, 0.1) is 11.1 Å². The molecule has 4 rings (SSSR count). The highest BCUT2D eigenvalue weighted by Crippen LogP contribution is 2.25. The Morgan fingerprint density at radius 1 is 1.16 bits per heavy atom. The minimum absolute atomic E-state index is 0.00815. The van der Waals surface area contributed by atoms with Gasteiger partial charge in [-0.05, 0) is 25.1 Å². The molecule has 3 aromatic heterocycles. The Kier molecular flexibility index (Phi) is 3.26. The van der Waals surface area contributed by atoms with Gasteiger partial charge in [-0.3, -0.25) is 5.41 Å². The summed E-state index contributed by atoms with van der Waals surface area (Å²) in [6, 6.07) is 16.7. The Labute approximate surface area is 142 Å². The Morgan fingerprint density at radius 3 is 2.64 bits per heavy atom. The molecule has 0 spiro atoms. The molecule has 1 N–H and O–H groups in total. The number of hydrogen-bond acceptors (Lipinski definition) is 4. The molecule has 0 bridgehead atoms. The summed E-state index contributed by atoms with van der Waals surface area (Å²) in [4.78, 5) is 12.6. The van der Waals surface area contributed by atoms with E-state index >= 15 is 0 Å². The second-order valence-corrected chi connectivity index (χ2v) is 5.84. The maximum absolute atomic E-state index is 12.6. The Balaban J connectivity index is 2.18. The van der Waals surface area contributed by atoms with Crippen molar-refractivity contribution in [3.05, 3.63) is 81.8 Å². The van der Waals surface area contributed by atoms with Crippen molar-refractivity contribution >= 4 is 16.3 Å². The van der Waals surface area contributed by atoms with Gasteiger partial charge in [0.15, 0.2) is 0 Å². The normalized spacial score (nSPS) is 10.9. The largest absolute Gasteiger partial charge is 0.422 e. The molecule has 0 saturated carbocycles. The van der Waals surface area contributed by atoms with E-state index in [0.29, 0.717) is 22.2 Å². The van der Waals surface area contributed by atoms with Crippen molar-refractivity contribution in [2.24, 2.45) is 0 Å². The average Bonchev–Trinajstić information content (AvgIpc) is 2.62. The van der Waals surface area contributed by atoms with Crippen LogP contribution >= 0.6 is 0 Å². The van der Waals surface area contributed by atoms with Crippen molar-refractivity contribution in [1.29, 1.82) is 10.7 Å². The molecule has 0 unspecified atom stereocenters. The van der Waals surface area contributed by atoms with Crippen LogP contribution in [0.25, 0.3) is 27.6 Å². The number of rotatable bonds is 1. The zero-order valence-corrected chi connectivity index (χ0v) is 13.4. The average molecular weight is 327 g/mol. The molecule has 0 saturated heterocycles. The predicted octanol–water partition coefficient (Wildman–Crippen LogP) is 3.37. The summed E-state index contributed by atoms with van der Waals surface area (Å²) >= 11 is 0. The van der Waals surface area contributed by atoms with E-state index in [1.165, 1.54) is 4.40 Å². The summed E-state index contributed by atoms with van der Waals surface area (Å²) in [5.41, 5.74) is 2.18. The number of fused-ring (bicyclic) bond motifs is 2. The van der Waals surface area contributed by atoms with E-state index in [1.54, 1.807) is 30.5 Å². The topological polar surface area (TPSA) is 82.3 Å². The van der Waals surface area contributed by atoms with Crippen LogP contribution in [0.3, 0.4) is 0 Å². The summed E-state index contributed by atoms with van der Waals surface area (Å²) in [6.45, 7) is 1.98. The lowest BCUT2D eigenvalue weighted by Crippen LogP contribution is -2.21. The summed E-state index contributed by atoms with van der Waals surface area (Å²) in [7, 11) is 0. The fraction of sp³-hybridized carbons (Fsp3) is 0.0500. The summed E-state index contributed by atoms with van der Waals surface area (Å²) < 4.78 is 6.96. The van der Waals surface area contributed by atoms with E-state index in [0.717, 1.165) is 11.1 Å². The summed E-state index contributed by atoms with van der Waals surface area (Å²) in [5.74, 6) is 0.383. The zero-order chi connectivity index (χ0) is 17.6. The molecular weight excluding hydrogens is 314 g/mol. The van der Waals surface area contributed by atoms with E-state index < -0.39 is 5.63 Å². The standard InChI is InChI=1S/C20H13N3O2/c1-12-5-7-13(8-6-12)17-10-14-15(11-21)16-4-2-3-9-23(16)19(22)18(14)20(24)25-17/h2-10,22H,1H3. The molecule has 4 aromatic rings. The van der Waals surface area contributed by atoms with Crippen molar-refractivity contribution < 1.29 is 4.42 Å². The van der Waals surface area contributed by atoms with Gasteiger partial charge in [0.2, 0.25) is 0 Å². The molecule has 0 aliphatic heterocycles. The Morgan fingerprint density at radius 2 is 1.92 bits per heavy atom. The van der Waals surface area contributed by atoms with Gasteiger partial charge in [0.25, 0.3) is 0 Å². The number of benzene rings is 1. The maximum Gasteiger partial charge on any atom is 0.348 e. The smallest absolute Gasteiger partial charge is 0.348 e. The number of aromatic nitrogens is 1. The van der Waals surface area contributed by atoms with Gasteiger partial charge in [-0.15, -0.1) is 0 Å². The minimum atomic E-state index is -0.618. The number of nitrogens with zero attached hydrogens (tertiary/aromatic N) is 2. The zero-order valence-electron chi connectivity index (χ0n) is 13.4. The second-order valence-electron chi connectivity index (χ2n) is 5.84. The molecule has 0 fully saturated rings. The van der Waals surface area contributed by atoms with Crippen LogP contribution in [0.2, 0.25) is 0 Å². The SMILES string of the molecule is Cc1ccc(-c2cc3c(C#N)c4ccccn4c(=N)c3c(=O)o2)cc1. The fourth-order valence-corrected chi connectivity index (χ4v) is 2.99. The van der Waals surface area contributed by atoms with E-state index in [2.05, 4.69) is 6.07 Å². The molecule has 120 valence electrons. The molecule has 5 heteroatoms. The number of nitriles is 1. The number of pyridine rings is 2. The lowest BCUT2D eigenvalue weighted by Gasteiger charge is -2.09. The lowest BCUT2D eigenvalue weighted by atomic mass is 10.0. The van der Waals surface area contributed by atoms with Gasteiger partial charge in [0.1, 0.15) is 22.7 Å². The van der Waals surface area contributed by atoms with Crippen LogP contribution in [0.1, 0.15) is 11.1 Å². The van der Waals surface area contributed by atoms with Crippen LogP contribution in [0, 0.1) is 23.7 Å². The van der Waals surface area contributed by atoms with Crippen LogP contribution in [-0.4, -0.2) is 4.40 Å². The molecule has 5 nitrogen and oxygen atoms in total. The third kappa shape index (κ3) is 2.24. The van der Waals surface area contributed by atoms with E-state index in [9.17, 15) is 10.1 Å². The summed E-state index contributed by atoms with van der Waals surface area (Å²) in [6.07, 6.45) is 1.66. The van der Waals surface area contributed by atoms with Crippen LogP contribution in [0.4, 0.5) is 0 Å². The quantitative estimate of drug-likeness (QED) is 0.544. The number of nitrogens with one attached hydrogen (secondary N) is 1.